The molecule has 1 aromatic rings. The van der Waals surface area contributed by atoms with Gasteiger partial charge >= 0.3 is 0 Å². The van der Waals surface area contributed by atoms with E-state index in [0.29, 0.717) is 5.41 Å². The number of halogens is 2. The number of piperazine rings is 1. The first-order valence-corrected chi connectivity index (χ1v) is 11.4. The number of rotatable bonds is 9. The number of nitrogens with one attached hydrogen (secondary N) is 1. The number of guanidine groups is 1. The van der Waals surface area contributed by atoms with Crippen LogP contribution in [-0.2, 0) is 11.3 Å². The Balaban J connectivity index is 0.00000280. The molecule has 1 aromatic heterocycles. The van der Waals surface area contributed by atoms with Crippen molar-refractivity contribution in [2.45, 2.75) is 39.7 Å². The molecule has 2 heterocycles. The van der Waals surface area contributed by atoms with Gasteiger partial charge in [0.25, 0.3) is 0 Å². The van der Waals surface area contributed by atoms with Crippen LogP contribution < -0.4 is 5.32 Å². The molecule has 3 rings (SSSR count). The van der Waals surface area contributed by atoms with Gasteiger partial charge in [0.15, 0.2) is 5.96 Å². The fourth-order valence-corrected chi connectivity index (χ4v) is 4.67. The van der Waals surface area contributed by atoms with Gasteiger partial charge in [-0.15, -0.1) is 35.3 Å². The van der Waals surface area contributed by atoms with E-state index in [0.717, 1.165) is 75.7 Å². The van der Waals surface area contributed by atoms with E-state index in [2.05, 4.69) is 35.0 Å². The molecule has 1 aliphatic heterocycles. The molecule has 0 amide bonds. The Morgan fingerprint density at radius 1 is 1.25 bits per heavy atom. The summed E-state index contributed by atoms with van der Waals surface area (Å²) in [5.41, 5.74) is 0.399. The molecule has 1 saturated heterocycles. The van der Waals surface area contributed by atoms with Gasteiger partial charge in [0, 0.05) is 63.9 Å². The van der Waals surface area contributed by atoms with Crippen LogP contribution in [0, 0.1) is 5.41 Å². The van der Waals surface area contributed by atoms with Gasteiger partial charge in [-0.3, -0.25) is 9.89 Å². The monoisotopic (exact) mass is 540 g/mol. The molecule has 1 saturated carbocycles. The second-order valence-corrected chi connectivity index (χ2v) is 9.39. The molecule has 28 heavy (non-hydrogen) atoms. The third kappa shape index (κ3) is 7.31. The summed E-state index contributed by atoms with van der Waals surface area (Å²) in [6.45, 7) is 12.9. The van der Waals surface area contributed by atoms with E-state index in [9.17, 15) is 0 Å². The lowest BCUT2D eigenvalue weighted by Crippen LogP contribution is -2.52. The number of hydrogen-bond donors (Lipinski definition) is 1. The topological polar surface area (TPSA) is 40.1 Å². The van der Waals surface area contributed by atoms with E-state index < -0.39 is 0 Å². The highest BCUT2D eigenvalue weighted by Crippen LogP contribution is 2.49. The molecule has 2 fully saturated rings. The highest BCUT2D eigenvalue weighted by Gasteiger charge is 2.42. The molecule has 0 bridgehead atoms. The molecule has 2 aliphatic rings. The maximum absolute atomic E-state index is 6.05. The lowest BCUT2D eigenvalue weighted by molar-refractivity contribution is 0.129. The number of ether oxygens (including phenoxy) is 1. The molecule has 8 heteroatoms. The minimum atomic E-state index is 0. The molecular formula is C20H34ClIN4OS. The third-order valence-corrected chi connectivity index (χ3v) is 6.73. The quantitative estimate of drug-likeness (QED) is 0.219. The first-order chi connectivity index (χ1) is 13.1. The summed E-state index contributed by atoms with van der Waals surface area (Å²) in [4.78, 5) is 11.3. The first-order valence-electron chi connectivity index (χ1n) is 10.2. The highest BCUT2D eigenvalue weighted by molar-refractivity contribution is 14.0. The fourth-order valence-electron chi connectivity index (χ4n) is 3.54. The predicted molar refractivity (Wildman–Crippen MR) is 130 cm³/mol. The van der Waals surface area contributed by atoms with Gasteiger partial charge < -0.3 is 15.0 Å². The van der Waals surface area contributed by atoms with E-state index in [1.807, 2.05) is 6.07 Å². The molecule has 0 spiro atoms. The highest BCUT2D eigenvalue weighted by atomic mass is 127. The van der Waals surface area contributed by atoms with Crippen molar-refractivity contribution in [3.05, 3.63) is 21.3 Å². The van der Waals surface area contributed by atoms with Crippen molar-refractivity contribution < 1.29 is 4.74 Å². The lowest BCUT2D eigenvalue weighted by Gasteiger charge is -2.36. The normalized spacial score (nSPS) is 19.4. The maximum Gasteiger partial charge on any atom is 0.194 e. The van der Waals surface area contributed by atoms with E-state index in [1.165, 1.54) is 17.7 Å². The van der Waals surface area contributed by atoms with Gasteiger partial charge in [-0.1, -0.05) is 11.6 Å². The van der Waals surface area contributed by atoms with E-state index in [-0.39, 0.29) is 24.0 Å². The standard InChI is InChI=1S/C20H33ClN4OS.HI/c1-3-22-19(23-16-20(7-8-20)9-14-26-4-2)25-12-10-24(11-13-25)15-17-5-6-18(21)27-17;/h5-6H,3-4,7-16H2,1-2H3,(H,22,23);1H. The summed E-state index contributed by atoms with van der Waals surface area (Å²) < 4.78 is 6.43. The molecule has 160 valence electrons. The second kappa shape index (κ2) is 11.9. The molecular weight excluding hydrogens is 507 g/mol. The average molecular weight is 541 g/mol. The number of aliphatic imine (C=N–C) groups is 1. The van der Waals surface area contributed by atoms with Crippen LogP contribution in [-0.4, -0.2) is 68.2 Å². The molecule has 0 unspecified atom stereocenters. The maximum atomic E-state index is 6.05. The third-order valence-electron chi connectivity index (χ3n) is 5.52. The van der Waals surface area contributed by atoms with Crippen molar-refractivity contribution >= 4 is 52.9 Å². The van der Waals surface area contributed by atoms with Gasteiger partial charge in [0.2, 0.25) is 0 Å². The Morgan fingerprint density at radius 3 is 2.57 bits per heavy atom. The summed E-state index contributed by atoms with van der Waals surface area (Å²) in [5.74, 6) is 1.08. The summed E-state index contributed by atoms with van der Waals surface area (Å²) in [6, 6.07) is 4.13. The Bertz CT molecular complexity index is 615. The van der Waals surface area contributed by atoms with Crippen molar-refractivity contribution in [2.75, 3.05) is 52.5 Å². The van der Waals surface area contributed by atoms with Crippen LogP contribution in [0.2, 0.25) is 4.34 Å². The fraction of sp³-hybridized carbons (Fsp3) is 0.750. The van der Waals surface area contributed by atoms with Crippen molar-refractivity contribution in [2.24, 2.45) is 10.4 Å². The summed E-state index contributed by atoms with van der Waals surface area (Å²) >= 11 is 7.74. The summed E-state index contributed by atoms with van der Waals surface area (Å²) in [6.07, 6.45) is 3.72. The van der Waals surface area contributed by atoms with Crippen molar-refractivity contribution in [3.8, 4) is 0 Å². The van der Waals surface area contributed by atoms with Crippen LogP contribution in [0.4, 0.5) is 0 Å². The van der Waals surface area contributed by atoms with Crippen molar-refractivity contribution in [1.29, 1.82) is 0 Å². The molecule has 0 aromatic carbocycles. The van der Waals surface area contributed by atoms with Crippen molar-refractivity contribution in [3.63, 3.8) is 0 Å². The van der Waals surface area contributed by atoms with Crippen LogP contribution in [0.1, 0.15) is 38.0 Å². The van der Waals surface area contributed by atoms with Crippen molar-refractivity contribution in [1.82, 2.24) is 15.1 Å². The van der Waals surface area contributed by atoms with E-state index >= 15 is 0 Å². The predicted octanol–water partition coefficient (Wildman–Crippen LogP) is 4.31. The summed E-state index contributed by atoms with van der Waals surface area (Å²) in [5, 5.41) is 3.50. The van der Waals surface area contributed by atoms with E-state index in [4.69, 9.17) is 21.3 Å². The Hall–Kier alpha value is -0.0900. The zero-order valence-corrected chi connectivity index (χ0v) is 21.0. The molecule has 0 radical (unpaired) electrons. The Kier molecular flexibility index (Phi) is 10.3. The van der Waals surface area contributed by atoms with Gasteiger partial charge in [-0.2, -0.15) is 0 Å². The zero-order chi connectivity index (χ0) is 19.1. The van der Waals surface area contributed by atoms with Crippen LogP contribution in [0.3, 0.4) is 0 Å². The lowest BCUT2D eigenvalue weighted by atomic mass is 10.0. The first kappa shape index (κ1) is 24.2. The molecule has 0 atom stereocenters. The molecule has 1 aliphatic carbocycles. The second-order valence-electron chi connectivity index (χ2n) is 7.59. The average Bonchev–Trinajstić information content (AvgIpc) is 3.33. The number of thiophene rings is 1. The van der Waals surface area contributed by atoms with Gasteiger partial charge in [0.1, 0.15) is 0 Å². The van der Waals surface area contributed by atoms with Gasteiger partial charge in [0.05, 0.1) is 4.34 Å². The summed E-state index contributed by atoms with van der Waals surface area (Å²) in [7, 11) is 0. The van der Waals surface area contributed by atoms with Crippen LogP contribution in [0.5, 0.6) is 0 Å². The van der Waals surface area contributed by atoms with Gasteiger partial charge in [-0.05, 0) is 50.7 Å². The van der Waals surface area contributed by atoms with Gasteiger partial charge in [-0.25, -0.2) is 0 Å². The van der Waals surface area contributed by atoms with E-state index in [1.54, 1.807) is 11.3 Å². The smallest absolute Gasteiger partial charge is 0.194 e. The van der Waals surface area contributed by atoms with Crippen LogP contribution in [0.25, 0.3) is 0 Å². The molecule has 5 nitrogen and oxygen atoms in total. The number of hydrogen-bond acceptors (Lipinski definition) is 4. The Morgan fingerprint density at radius 2 is 2.00 bits per heavy atom. The molecule has 1 N–H and O–H groups in total. The number of nitrogens with zero attached hydrogens (tertiary/aromatic N) is 3. The SMILES string of the molecule is CCNC(=NCC1(CCOCC)CC1)N1CCN(Cc2ccc(Cl)s2)CC1.I. The Labute approximate surface area is 195 Å². The van der Waals surface area contributed by atoms with Crippen LogP contribution >= 0.6 is 46.9 Å². The zero-order valence-electron chi connectivity index (χ0n) is 17.1. The largest absolute Gasteiger partial charge is 0.382 e. The minimum absolute atomic E-state index is 0. The minimum Gasteiger partial charge on any atom is -0.382 e. The van der Waals surface area contributed by atoms with Crippen LogP contribution in [0.15, 0.2) is 17.1 Å².